The van der Waals surface area contributed by atoms with E-state index in [-0.39, 0.29) is 12.1 Å². The maximum Gasteiger partial charge on any atom is 0.315 e. The van der Waals surface area contributed by atoms with Crippen molar-refractivity contribution in [3.63, 3.8) is 0 Å². The van der Waals surface area contributed by atoms with Crippen molar-refractivity contribution in [3.05, 3.63) is 29.3 Å². The fourth-order valence-electron chi connectivity index (χ4n) is 1.77. The number of nitrogens with one attached hydrogen (secondary N) is 2. The number of hydrogen-bond acceptors (Lipinski definition) is 4. The molecule has 2 rings (SSSR count). The molecule has 0 fully saturated rings. The molecule has 1 heterocycles. The molecule has 20 heavy (non-hydrogen) atoms. The summed E-state index contributed by atoms with van der Waals surface area (Å²) in [7, 11) is 0. The average Bonchev–Trinajstić information content (AvgIpc) is 2.87. The van der Waals surface area contributed by atoms with Crippen LogP contribution in [-0.4, -0.2) is 28.8 Å². The van der Waals surface area contributed by atoms with Crippen LogP contribution in [0.25, 0.3) is 10.2 Å². The molecule has 2 amide bonds. The van der Waals surface area contributed by atoms with Crippen LogP contribution in [0.15, 0.2) is 24.3 Å². The van der Waals surface area contributed by atoms with Crippen molar-refractivity contribution in [1.82, 2.24) is 15.6 Å². The molecule has 5 nitrogen and oxygen atoms in total. The van der Waals surface area contributed by atoms with E-state index in [9.17, 15) is 9.90 Å². The second kappa shape index (κ2) is 7.21. The Balaban J connectivity index is 1.75. The lowest BCUT2D eigenvalue weighted by Gasteiger charge is -2.09. The van der Waals surface area contributed by atoms with Gasteiger partial charge in [0.15, 0.2) is 0 Å². The Labute approximate surface area is 122 Å². The summed E-state index contributed by atoms with van der Waals surface area (Å²) in [6.45, 7) is 2.81. The fourth-order valence-corrected chi connectivity index (χ4v) is 2.68. The number of aliphatic hydroxyl groups excluding tert-OH is 1. The molecule has 1 atom stereocenters. The standard InChI is InChI=1S/C14H19N3O2S/c1-2-10(18)7-8-15-14(19)16-9-13-17-11-5-3-4-6-12(11)20-13/h3-6,10,18H,2,7-9H2,1H3,(H2,15,16,19). The van der Waals surface area contributed by atoms with Crippen LogP contribution in [-0.2, 0) is 6.54 Å². The second-order valence-corrected chi connectivity index (χ2v) is 5.65. The summed E-state index contributed by atoms with van der Waals surface area (Å²) in [4.78, 5) is 16.0. The summed E-state index contributed by atoms with van der Waals surface area (Å²) < 4.78 is 1.12. The number of carbonyl (C=O) groups excluding carboxylic acids is 1. The van der Waals surface area contributed by atoms with Crippen LogP contribution in [0.3, 0.4) is 0 Å². The highest BCUT2D eigenvalue weighted by molar-refractivity contribution is 7.18. The highest BCUT2D eigenvalue weighted by atomic mass is 32.1. The van der Waals surface area contributed by atoms with E-state index in [4.69, 9.17) is 0 Å². The average molecular weight is 293 g/mol. The van der Waals surface area contributed by atoms with Gasteiger partial charge in [-0.05, 0) is 25.0 Å². The van der Waals surface area contributed by atoms with Crippen LogP contribution in [0.4, 0.5) is 4.79 Å². The molecule has 1 aromatic heterocycles. The fraction of sp³-hybridized carbons (Fsp3) is 0.429. The van der Waals surface area contributed by atoms with E-state index >= 15 is 0 Å². The van der Waals surface area contributed by atoms with Crippen molar-refractivity contribution in [2.24, 2.45) is 0 Å². The quantitative estimate of drug-likeness (QED) is 0.765. The number of carbonyl (C=O) groups is 1. The molecule has 6 heteroatoms. The van der Waals surface area contributed by atoms with Gasteiger partial charge in [-0.15, -0.1) is 11.3 Å². The van der Waals surface area contributed by atoms with Gasteiger partial charge in [0.2, 0.25) is 0 Å². The van der Waals surface area contributed by atoms with E-state index in [1.807, 2.05) is 31.2 Å². The van der Waals surface area contributed by atoms with Crippen LogP contribution in [0.5, 0.6) is 0 Å². The number of benzene rings is 1. The zero-order chi connectivity index (χ0) is 14.4. The predicted molar refractivity (Wildman–Crippen MR) is 80.8 cm³/mol. The Bertz CT molecular complexity index is 537. The summed E-state index contributed by atoms with van der Waals surface area (Å²) in [5.74, 6) is 0. The monoisotopic (exact) mass is 293 g/mol. The lowest BCUT2D eigenvalue weighted by molar-refractivity contribution is 0.160. The summed E-state index contributed by atoms with van der Waals surface area (Å²) in [6.07, 6.45) is 0.930. The highest BCUT2D eigenvalue weighted by Gasteiger charge is 2.06. The van der Waals surface area contributed by atoms with Crippen molar-refractivity contribution >= 4 is 27.6 Å². The van der Waals surface area contributed by atoms with Crippen molar-refractivity contribution in [3.8, 4) is 0 Å². The van der Waals surface area contributed by atoms with Gasteiger partial charge in [0.05, 0.1) is 22.9 Å². The first kappa shape index (κ1) is 14.7. The van der Waals surface area contributed by atoms with Crippen LogP contribution in [0.2, 0.25) is 0 Å². The minimum atomic E-state index is -0.348. The number of hydrogen-bond donors (Lipinski definition) is 3. The van der Waals surface area contributed by atoms with Gasteiger partial charge in [-0.3, -0.25) is 0 Å². The molecular weight excluding hydrogens is 274 g/mol. The van der Waals surface area contributed by atoms with Gasteiger partial charge >= 0.3 is 6.03 Å². The van der Waals surface area contributed by atoms with Gasteiger partial charge in [0, 0.05) is 6.54 Å². The third-order valence-electron chi connectivity index (χ3n) is 2.97. The van der Waals surface area contributed by atoms with Crippen LogP contribution < -0.4 is 10.6 Å². The van der Waals surface area contributed by atoms with Crippen LogP contribution >= 0.6 is 11.3 Å². The van der Waals surface area contributed by atoms with E-state index in [1.54, 1.807) is 11.3 Å². The molecule has 0 aliphatic rings. The maximum atomic E-state index is 11.6. The number of nitrogens with zero attached hydrogens (tertiary/aromatic N) is 1. The van der Waals surface area contributed by atoms with Gasteiger partial charge in [-0.25, -0.2) is 9.78 Å². The molecule has 2 aromatic rings. The molecule has 0 bridgehead atoms. The molecule has 0 aliphatic carbocycles. The van der Waals surface area contributed by atoms with Crippen molar-refractivity contribution < 1.29 is 9.90 Å². The third kappa shape index (κ3) is 4.18. The molecule has 0 saturated carbocycles. The van der Waals surface area contributed by atoms with Crippen molar-refractivity contribution in [1.29, 1.82) is 0 Å². The van der Waals surface area contributed by atoms with E-state index in [2.05, 4.69) is 15.6 Å². The largest absolute Gasteiger partial charge is 0.393 e. The molecule has 0 radical (unpaired) electrons. The SMILES string of the molecule is CCC(O)CCNC(=O)NCc1nc2ccccc2s1. The molecule has 3 N–H and O–H groups in total. The maximum absolute atomic E-state index is 11.6. The summed E-state index contributed by atoms with van der Waals surface area (Å²) in [5.41, 5.74) is 0.959. The molecule has 1 unspecified atom stereocenters. The van der Waals surface area contributed by atoms with Gasteiger partial charge in [-0.1, -0.05) is 19.1 Å². The smallest absolute Gasteiger partial charge is 0.315 e. The van der Waals surface area contributed by atoms with E-state index in [0.717, 1.165) is 15.2 Å². The lowest BCUT2D eigenvalue weighted by atomic mass is 10.2. The Morgan fingerprint density at radius 1 is 1.40 bits per heavy atom. The normalized spacial score (nSPS) is 12.3. The van der Waals surface area contributed by atoms with Gasteiger partial charge in [-0.2, -0.15) is 0 Å². The number of para-hydroxylation sites is 1. The molecule has 108 valence electrons. The summed E-state index contributed by atoms with van der Waals surface area (Å²) in [5, 5.41) is 15.8. The number of urea groups is 1. The molecule has 0 saturated heterocycles. The Hall–Kier alpha value is -1.66. The third-order valence-corrected chi connectivity index (χ3v) is 4.01. The molecule has 0 aliphatic heterocycles. The first-order valence-corrected chi connectivity index (χ1v) is 7.55. The number of aliphatic hydroxyl groups is 1. The lowest BCUT2D eigenvalue weighted by Crippen LogP contribution is -2.36. The van der Waals surface area contributed by atoms with Crippen molar-refractivity contribution in [2.45, 2.75) is 32.4 Å². The Kier molecular flexibility index (Phi) is 5.31. The van der Waals surface area contributed by atoms with Crippen molar-refractivity contribution in [2.75, 3.05) is 6.54 Å². The predicted octanol–water partition coefficient (Wildman–Crippen LogP) is 2.26. The second-order valence-electron chi connectivity index (χ2n) is 4.54. The topological polar surface area (TPSA) is 74.2 Å². The van der Waals surface area contributed by atoms with E-state index in [1.165, 1.54) is 0 Å². The molecule has 1 aromatic carbocycles. The van der Waals surface area contributed by atoms with Gasteiger partial charge in [0.25, 0.3) is 0 Å². The van der Waals surface area contributed by atoms with E-state index < -0.39 is 0 Å². The van der Waals surface area contributed by atoms with Gasteiger partial charge < -0.3 is 15.7 Å². The first-order valence-electron chi connectivity index (χ1n) is 6.73. The summed E-state index contributed by atoms with van der Waals surface area (Å²) >= 11 is 1.58. The zero-order valence-corrected chi connectivity index (χ0v) is 12.2. The van der Waals surface area contributed by atoms with Gasteiger partial charge in [0.1, 0.15) is 5.01 Å². The van der Waals surface area contributed by atoms with Crippen LogP contribution in [0, 0.1) is 0 Å². The minimum absolute atomic E-state index is 0.229. The highest BCUT2D eigenvalue weighted by Crippen LogP contribution is 2.21. The number of amides is 2. The number of thiazole rings is 1. The molecular formula is C14H19N3O2S. The van der Waals surface area contributed by atoms with Crippen LogP contribution in [0.1, 0.15) is 24.8 Å². The minimum Gasteiger partial charge on any atom is -0.393 e. The number of rotatable bonds is 6. The Morgan fingerprint density at radius 3 is 2.95 bits per heavy atom. The first-order chi connectivity index (χ1) is 9.69. The number of fused-ring (bicyclic) bond motifs is 1. The molecule has 0 spiro atoms. The number of aromatic nitrogens is 1. The van der Waals surface area contributed by atoms with E-state index in [0.29, 0.717) is 25.9 Å². The Morgan fingerprint density at radius 2 is 2.20 bits per heavy atom. The summed E-state index contributed by atoms with van der Waals surface area (Å²) in [6, 6.07) is 7.67. The zero-order valence-electron chi connectivity index (χ0n) is 11.4.